The smallest absolute Gasteiger partial charge is 0.225 e. The molecule has 0 aromatic heterocycles. The molecule has 22 heavy (non-hydrogen) atoms. The molecule has 5 nitrogen and oxygen atoms in total. The number of nitrogens with one attached hydrogen (secondary N) is 2. The molecule has 0 radical (unpaired) electrons. The van der Waals surface area contributed by atoms with Crippen LogP contribution in [-0.2, 0) is 4.79 Å². The van der Waals surface area contributed by atoms with Crippen LogP contribution in [0.5, 0.6) is 0 Å². The van der Waals surface area contributed by atoms with Crippen LogP contribution in [0.25, 0.3) is 0 Å². The van der Waals surface area contributed by atoms with Crippen molar-refractivity contribution in [3.05, 3.63) is 0 Å². The molecule has 6 heteroatoms. The third-order valence-corrected chi connectivity index (χ3v) is 4.46. The molecule has 2 N–H and O–H groups in total. The van der Waals surface area contributed by atoms with Crippen molar-refractivity contribution in [2.45, 2.75) is 58.4 Å². The molecule has 2 rings (SSSR count). The summed E-state index contributed by atoms with van der Waals surface area (Å²) in [5.41, 5.74) is 0. The largest absolute Gasteiger partial charge is 0.357 e. The van der Waals surface area contributed by atoms with Gasteiger partial charge in [0.2, 0.25) is 5.91 Å². The Bertz CT molecular complexity index is 369. The molecule has 1 saturated carbocycles. The topological polar surface area (TPSA) is 56.7 Å². The third kappa shape index (κ3) is 5.59. The number of hydrogen-bond acceptors (Lipinski definition) is 2. The lowest BCUT2D eigenvalue weighted by molar-refractivity contribution is -0.135. The third-order valence-electron chi connectivity index (χ3n) is 4.46. The fourth-order valence-corrected chi connectivity index (χ4v) is 3.36. The number of rotatable bonds is 4. The van der Waals surface area contributed by atoms with Gasteiger partial charge in [0.25, 0.3) is 0 Å². The first-order valence-corrected chi connectivity index (χ1v) is 8.58. The summed E-state index contributed by atoms with van der Waals surface area (Å²) in [6.45, 7) is 7.45. The van der Waals surface area contributed by atoms with Gasteiger partial charge in [0.05, 0.1) is 0 Å². The molecule has 1 aliphatic heterocycles. The molecule has 0 bridgehead atoms. The zero-order valence-corrected chi connectivity index (χ0v) is 16.3. The van der Waals surface area contributed by atoms with Crippen LogP contribution < -0.4 is 10.6 Å². The summed E-state index contributed by atoms with van der Waals surface area (Å²) in [5.74, 6) is 1.54. The second-order valence-electron chi connectivity index (χ2n) is 6.10. The Balaban J connectivity index is 0.00000242. The number of carbonyl (C=O) groups is 1. The van der Waals surface area contributed by atoms with Crippen molar-refractivity contribution < 1.29 is 4.79 Å². The summed E-state index contributed by atoms with van der Waals surface area (Å²) >= 11 is 0. The molecular formula is C16H31IN4O. The Morgan fingerprint density at radius 1 is 1.18 bits per heavy atom. The van der Waals surface area contributed by atoms with E-state index in [2.05, 4.69) is 27.4 Å². The van der Waals surface area contributed by atoms with Gasteiger partial charge in [-0.3, -0.25) is 9.79 Å². The van der Waals surface area contributed by atoms with Crippen LogP contribution >= 0.6 is 24.0 Å². The van der Waals surface area contributed by atoms with E-state index < -0.39 is 0 Å². The molecule has 1 heterocycles. The number of amides is 1. The maximum Gasteiger partial charge on any atom is 0.225 e. The highest BCUT2D eigenvalue weighted by molar-refractivity contribution is 14.0. The Morgan fingerprint density at radius 3 is 2.55 bits per heavy atom. The van der Waals surface area contributed by atoms with Gasteiger partial charge in [0, 0.05) is 38.1 Å². The summed E-state index contributed by atoms with van der Waals surface area (Å²) in [5, 5.41) is 6.70. The molecule has 1 amide bonds. The molecule has 1 saturated heterocycles. The van der Waals surface area contributed by atoms with Gasteiger partial charge in [-0.25, -0.2) is 0 Å². The van der Waals surface area contributed by atoms with Crippen LogP contribution in [0.3, 0.4) is 0 Å². The van der Waals surface area contributed by atoms with E-state index in [-0.39, 0.29) is 29.9 Å². The lowest BCUT2D eigenvalue weighted by Gasteiger charge is -2.26. The standard InChI is InChI=1S/C16H30N4O.HI/c1-3-17-16(18-4-2)19-14-10-11-20(12-14)15(21)13-8-6-5-7-9-13;/h13-14H,3-12H2,1-2H3,(H2,17,18,19);1H. The summed E-state index contributed by atoms with van der Waals surface area (Å²) in [7, 11) is 0. The average molecular weight is 422 g/mol. The zero-order chi connectivity index (χ0) is 15.1. The van der Waals surface area contributed by atoms with Crippen LogP contribution in [0.15, 0.2) is 4.99 Å². The predicted octanol–water partition coefficient (Wildman–Crippen LogP) is 2.36. The highest BCUT2D eigenvalue weighted by Crippen LogP contribution is 2.26. The van der Waals surface area contributed by atoms with E-state index in [1.807, 2.05) is 6.92 Å². The second kappa shape index (κ2) is 10.3. The van der Waals surface area contributed by atoms with E-state index in [1.54, 1.807) is 0 Å². The van der Waals surface area contributed by atoms with Gasteiger partial charge < -0.3 is 15.5 Å². The molecule has 2 aliphatic rings. The highest BCUT2D eigenvalue weighted by Gasteiger charge is 2.31. The van der Waals surface area contributed by atoms with Crippen molar-refractivity contribution >= 4 is 35.8 Å². The van der Waals surface area contributed by atoms with E-state index >= 15 is 0 Å². The fourth-order valence-electron chi connectivity index (χ4n) is 3.36. The van der Waals surface area contributed by atoms with Gasteiger partial charge in [0.15, 0.2) is 5.96 Å². The minimum absolute atomic E-state index is 0. The average Bonchev–Trinajstić information content (AvgIpc) is 2.96. The van der Waals surface area contributed by atoms with Crippen LogP contribution in [0.2, 0.25) is 0 Å². The maximum atomic E-state index is 12.5. The molecule has 2 fully saturated rings. The van der Waals surface area contributed by atoms with Gasteiger partial charge >= 0.3 is 0 Å². The van der Waals surface area contributed by atoms with E-state index in [0.29, 0.717) is 11.9 Å². The van der Waals surface area contributed by atoms with Gasteiger partial charge in [-0.2, -0.15) is 0 Å². The van der Waals surface area contributed by atoms with Gasteiger partial charge in [-0.05, 0) is 33.1 Å². The minimum Gasteiger partial charge on any atom is -0.357 e. The molecule has 1 atom stereocenters. The Labute approximate surface area is 151 Å². The van der Waals surface area contributed by atoms with E-state index in [4.69, 9.17) is 0 Å². The van der Waals surface area contributed by atoms with Crippen molar-refractivity contribution in [3.8, 4) is 0 Å². The molecule has 128 valence electrons. The monoisotopic (exact) mass is 422 g/mol. The van der Waals surface area contributed by atoms with Crippen LogP contribution in [-0.4, -0.2) is 49.0 Å². The molecule has 0 aromatic carbocycles. The predicted molar refractivity (Wildman–Crippen MR) is 102 cm³/mol. The number of halogens is 1. The summed E-state index contributed by atoms with van der Waals surface area (Å²) < 4.78 is 0. The molecule has 1 unspecified atom stereocenters. The Hall–Kier alpha value is -0.530. The fraction of sp³-hybridized carbons (Fsp3) is 0.875. The summed E-state index contributed by atoms with van der Waals surface area (Å²) in [4.78, 5) is 19.0. The highest BCUT2D eigenvalue weighted by atomic mass is 127. The first-order valence-electron chi connectivity index (χ1n) is 8.58. The second-order valence-corrected chi connectivity index (χ2v) is 6.10. The van der Waals surface area contributed by atoms with Crippen molar-refractivity contribution in [1.82, 2.24) is 15.5 Å². The SMILES string of the molecule is CCN=C(NCC)NC1CCN(C(=O)C2CCCCC2)C1.I. The summed E-state index contributed by atoms with van der Waals surface area (Å²) in [6.07, 6.45) is 6.94. The number of guanidine groups is 1. The Morgan fingerprint density at radius 2 is 1.91 bits per heavy atom. The number of carbonyl (C=O) groups excluding carboxylic acids is 1. The van der Waals surface area contributed by atoms with E-state index in [0.717, 1.165) is 51.4 Å². The molecule has 0 spiro atoms. The van der Waals surface area contributed by atoms with Crippen molar-refractivity contribution in [1.29, 1.82) is 0 Å². The first kappa shape index (κ1) is 19.5. The van der Waals surface area contributed by atoms with Gasteiger partial charge in [0.1, 0.15) is 0 Å². The molecule has 0 aromatic rings. The number of hydrogen-bond donors (Lipinski definition) is 2. The van der Waals surface area contributed by atoms with Crippen molar-refractivity contribution in [2.24, 2.45) is 10.9 Å². The zero-order valence-electron chi connectivity index (χ0n) is 13.9. The lowest BCUT2D eigenvalue weighted by atomic mass is 9.88. The van der Waals surface area contributed by atoms with E-state index in [1.165, 1.54) is 19.3 Å². The minimum atomic E-state index is 0. The summed E-state index contributed by atoms with van der Waals surface area (Å²) in [6, 6.07) is 0.335. The van der Waals surface area contributed by atoms with Crippen molar-refractivity contribution in [2.75, 3.05) is 26.2 Å². The van der Waals surface area contributed by atoms with Gasteiger partial charge in [-0.1, -0.05) is 19.3 Å². The quantitative estimate of drug-likeness (QED) is 0.416. The maximum absolute atomic E-state index is 12.5. The van der Waals surface area contributed by atoms with Crippen molar-refractivity contribution in [3.63, 3.8) is 0 Å². The Kier molecular flexibility index (Phi) is 9.12. The lowest BCUT2D eigenvalue weighted by Crippen LogP contribution is -2.45. The van der Waals surface area contributed by atoms with Crippen LogP contribution in [0.1, 0.15) is 52.4 Å². The van der Waals surface area contributed by atoms with Crippen LogP contribution in [0, 0.1) is 5.92 Å². The molecular weight excluding hydrogens is 391 g/mol. The number of likely N-dealkylation sites (tertiary alicyclic amines) is 1. The van der Waals surface area contributed by atoms with Crippen LogP contribution in [0.4, 0.5) is 0 Å². The normalized spacial score (nSPS) is 23.1. The first-order chi connectivity index (χ1) is 10.2. The number of aliphatic imine (C=N–C) groups is 1. The molecule has 1 aliphatic carbocycles. The number of nitrogens with zero attached hydrogens (tertiary/aromatic N) is 2. The van der Waals surface area contributed by atoms with E-state index in [9.17, 15) is 4.79 Å². The van der Waals surface area contributed by atoms with Gasteiger partial charge in [-0.15, -0.1) is 24.0 Å².